The molecule has 5 aromatic carbocycles. The normalized spacial score (nSPS) is 14.2. The van der Waals surface area contributed by atoms with E-state index in [0.717, 1.165) is 33.2 Å². The van der Waals surface area contributed by atoms with Crippen molar-refractivity contribution in [3.63, 3.8) is 0 Å². The van der Waals surface area contributed by atoms with Crippen molar-refractivity contribution in [2.24, 2.45) is 0 Å². The predicted octanol–water partition coefficient (Wildman–Crippen LogP) is 6.26. The third-order valence-corrected chi connectivity index (χ3v) is 6.05. The van der Waals surface area contributed by atoms with Crippen molar-refractivity contribution in [3.8, 4) is 11.1 Å². The molecule has 0 aliphatic heterocycles. The average Bonchev–Trinajstić information content (AvgIpc) is 3.02. The van der Waals surface area contributed by atoms with E-state index in [1.54, 1.807) is 0 Å². The summed E-state index contributed by atoms with van der Waals surface area (Å²) in [7, 11) is 0. The molecule has 0 aromatic heterocycles. The first-order chi connectivity index (χ1) is 13.7. The Bertz CT molecular complexity index is 1330. The number of rotatable bonds is 1. The van der Waals surface area contributed by atoms with Crippen LogP contribution in [0, 0.1) is 0 Å². The molecule has 1 heteroatoms. The highest BCUT2D eigenvalue weighted by Gasteiger charge is 2.42. The lowest BCUT2D eigenvalue weighted by Gasteiger charge is -2.27. The number of fused-ring (bicyclic) bond motifs is 5. The Kier molecular flexibility index (Phi) is 3.09. The van der Waals surface area contributed by atoms with Crippen molar-refractivity contribution in [2.45, 2.75) is 5.60 Å². The molecule has 5 aromatic rings. The fourth-order valence-corrected chi connectivity index (χ4v) is 4.69. The second-order valence-corrected chi connectivity index (χ2v) is 7.56. The summed E-state index contributed by atoms with van der Waals surface area (Å²) in [6.07, 6.45) is 0. The first-order valence-corrected chi connectivity index (χ1v) is 9.60. The van der Waals surface area contributed by atoms with Crippen LogP contribution >= 0.6 is 0 Å². The largest absolute Gasteiger partial charge is 0.376 e. The second kappa shape index (κ2) is 5.54. The highest BCUT2D eigenvalue weighted by molar-refractivity contribution is 5.98. The highest BCUT2D eigenvalue weighted by atomic mass is 16.3. The van der Waals surface area contributed by atoms with Gasteiger partial charge in [0.25, 0.3) is 0 Å². The van der Waals surface area contributed by atoms with Gasteiger partial charge in [0.2, 0.25) is 0 Å². The van der Waals surface area contributed by atoms with Crippen LogP contribution in [0.25, 0.3) is 32.7 Å². The van der Waals surface area contributed by atoms with Crippen molar-refractivity contribution < 1.29 is 5.11 Å². The Morgan fingerprint density at radius 3 is 1.61 bits per heavy atom. The Hall–Kier alpha value is -3.42. The van der Waals surface area contributed by atoms with E-state index in [0.29, 0.717) is 0 Å². The molecule has 0 amide bonds. The van der Waals surface area contributed by atoms with Crippen LogP contribution in [0.15, 0.2) is 103 Å². The summed E-state index contributed by atoms with van der Waals surface area (Å²) in [5, 5.41) is 16.8. The molecule has 0 unspecified atom stereocenters. The zero-order valence-corrected chi connectivity index (χ0v) is 15.3. The minimum absolute atomic E-state index is 0.910. The summed E-state index contributed by atoms with van der Waals surface area (Å²) in [6.45, 7) is 0. The van der Waals surface area contributed by atoms with E-state index in [-0.39, 0.29) is 0 Å². The zero-order chi connectivity index (χ0) is 18.7. The van der Waals surface area contributed by atoms with Gasteiger partial charge in [-0.2, -0.15) is 0 Å². The molecule has 0 atom stereocenters. The van der Waals surface area contributed by atoms with Crippen LogP contribution in [-0.2, 0) is 5.60 Å². The third-order valence-electron chi connectivity index (χ3n) is 6.05. The molecule has 1 aliphatic rings. The van der Waals surface area contributed by atoms with Gasteiger partial charge in [-0.15, -0.1) is 0 Å². The predicted molar refractivity (Wildman–Crippen MR) is 115 cm³/mol. The van der Waals surface area contributed by atoms with E-state index < -0.39 is 5.60 Å². The van der Waals surface area contributed by atoms with Crippen LogP contribution in [0.5, 0.6) is 0 Å². The Balaban J connectivity index is 1.65. The molecule has 28 heavy (non-hydrogen) atoms. The third kappa shape index (κ3) is 2.00. The van der Waals surface area contributed by atoms with Crippen LogP contribution in [0.1, 0.15) is 16.7 Å². The molecule has 0 saturated carbocycles. The summed E-state index contributed by atoms with van der Waals surface area (Å²) in [5.74, 6) is 0. The quantitative estimate of drug-likeness (QED) is 0.351. The number of hydrogen-bond donors (Lipinski definition) is 1. The molecule has 1 nitrogen and oxygen atoms in total. The van der Waals surface area contributed by atoms with Crippen molar-refractivity contribution in [3.05, 3.63) is 120 Å². The van der Waals surface area contributed by atoms with E-state index in [4.69, 9.17) is 0 Å². The van der Waals surface area contributed by atoms with E-state index in [1.165, 1.54) is 16.2 Å². The summed E-state index contributed by atoms with van der Waals surface area (Å²) in [6, 6.07) is 35.5. The van der Waals surface area contributed by atoms with Crippen molar-refractivity contribution >= 4 is 21.5 Å². The molecule has 1 aliphatic carbocycles. The lowest BCUT2D eigenvalue weighted by Crippen LogP contribution is -2.26. The van der Waals surface area contributed by atoms with Crippen LogP contribution in [0.2, 0.25) is 0 Å². The Labute approximate surface area is 163 Å². The van der Waals surface area contributed by atoms with Crippen molar-refractivity contribution in [1.29, 1.82) is 0 Å². The van der Waals surface area contributed by atoms with Gasteiger partial charge in [-0.05, 0) is 56.4 Å². The second-order valence-electron chi connectivity index (χ2n) is 7.56. The van der Waals surface area contributed by atoms with Gasteiger partial charge >= 0.3 is 0 Å². The van der Waals surface area contributed by atoms with E-state index in [9.17, 15) is 5.11 Å². The van der Waals surface area contributed by atoms with Gasteiger partial charge in [0.1, 0.15) is 5.60 Å². The van der Waals surface area contributed by atoms with E-state index in [1.807, 2.05) is 36.4 Å². The van der Waals surface area contributed by atoms with Gasteiger partial charge in [0.15, 0.2) is 0 Å². The zero-order valence-electron chi connectivity index (χ0n) is 15.3. The van der Waals surface area contributed by atoms with Gasteiger partial charge in [-0.1, -0.05) is 84.9 Å². The number of benzene rings is 5. The highest BCUT2D eigenvalue weighted by Crippen LogP contribution is 2.51. The monoisotopic (exact) mass is 358 g/mol. The summed E-state index contributed by atoms with van der Waals surface area (Å²) in [4.78, 5) is 0. The number of hydrogen-bond acceptors (Lipinski definition) is 1. The minimum Gasteiger partial charge on any atom is -0.376 e. The molecule has 0 saturated heterocycles. The Morgan fingerprint density at radius 1 is 0.464 bits per heavy atom. The molecule has 0 heterocycles. The molecule has 6 rings (SSSR count). The van der Waals surface area contributed by atoms with E-state index in [2.05, 4.69) is 66.7 Å². The topological polar surface area (TPSA) is 20.2 Å². The summed E-state index contributed by atoms with van der Waals surface area (Å²) >= 11 is 0. The maximum Gasteiger partial charge on any atom is 0.141 e. The maximum absolute atomic E-state index is 12.0. The summed E-state index contributed by atoms with van der Waals surface area (Å²) in [5.41, 5.74) is 3.91. The lowest BCUT2D eigenvalue weighted by atomic mass is 9.83. The lowest BCUT2D eigenvalue weighted by molar-refractivity contribution is 0.131. The average molecular weight is 358 g/mol. The van der Waals surface area contributed by atoms with Gasteiger partial charge in [-0.25, -0.2) is 0 Å². The SMILES string of the molecule is OC1(c2ccc3cc4ccccc4cc3c2)c2ccccc2-c2ccccc21. The molecule has 0 fully saturated rings. The molecular formula is C27H18O. The van der Waals surface area contributed by atoms with Crippen LogP contribution < -0.4 is 0 Å². The maximum atomic E-state index is 12.0. The fourth-order valence-electron chi connectivity index (χ4n) is 4.69. The van der Waals surface area contributed by atoms with Gasteiger partial charge in [0.05, 0.1) is 0 Å². The van der Waals surface area contributed by atoms with Gasteiger partial charge < -0.3 is 5.11 Å². The van der Waals surface area contributed by atoms with Crippen molar-refractivity contribution in [1.82, 2.24) is 0 Å². The minimum atomic E-state index is -1.13. The molecular weight excluding hydrogens is 340 g/mol. The molecule has 0 bridgehead atoms. The number of aliphatic hydroxyl groups is 1. The van der Waals surface area contributed by atoms with Crippen molar-refractivity contribution in [2.75, 3.05) is 0 Å². The van der Waals surface area contributed by atoms with Crippen LogP contribution in [0.4, 0.5) is 0 Å². The molecule has 1 N–H and O–H groups in total. The first kappa shape index (κ1) is 15.6. The van der Waals surface area contributed by atoms with Gasteiger partial charge in [0, 0.05) is 11.1 Å². The Morgan fingerprint density at radius 2 is 0.964 bits per heavy atom. The standard InChI is InChI=1S/C27H18O/c28-27(25-11-5-3-9-23(25)24-10-4-6-12-26(24)27)22-14-13-20-15-18-7-1-2-8-19(18)16-21(20)17-22/h1-17,28H. The first-order valence-electron chi connectivity index (χ1n) is 9.60. The summed E-state index contributed by atoms with van der Waals surface area (Å²) < 4.78 is 0. The molecule has 132 valence electrons. The van der Waals surface area contributed by atoms with Crippen LogP contribution in [-0.4, -0.2) is 5.11 Å². The molecule has 0 spiro atoms. The van der Waals surface area contributed by atoms with E-state index >= 15 is 0 Å². The fraction of sp³-hybridized carbons (Fsp3) is 0.0370. The van der Waals surface area contributed by atoms with Gasteiger partial charge in [-0.3, -0.25) is 0 Å². The van der Waals surface area contributed by atoms with Crippen LogP contribution in [0.3, 0.4) is 0 Å². The molecule has 0 radical (unpaired) electrons. The smallest absolute Gasteiger partial charge is 0.141 e.